The van der Waals surface area contributed by atoms with Crippen LogP contribution in [0.25, 0.3) is 0 Å². The first-order chi connectivity index (χ1) is 7.90. The summed E-state index contributed by atoms with van der Waals surface area (Å²) in [4.78, 5) is 33.6. The summed E-state index contributed by atoms with van der Waals surface area (Å²) in [5, 5.41) is 17.6. The zero-order valence-electron chi connectivity index (χ0n) is 9.76. The molecule has 0 aliphatic rings. The summed E-state index contributed by atoms with van der Waals surface area (Å²) in [5.74, 6) is -2.99. The largest absolute Gasteiger partial charge is 0.480 e. The summed E-state index contributed by atoms with van der Waals surface area (Å²) in [5.41, 5.74) is 5.29. The number of carbonyl (C=O) groups excluding carboxylic acids is 1. The molecule has 0 aliphatic heterocycles. The number of amides is 1. The summed E-state index contributed by atoms with van der Waals surface area (Å²) >= 11 is 0. The first-order valence-corrected chi connectivity index (χ1v) is 5.32. The van der Waals surface area contributed by atoms with Crippen LogP contribution < -0.4 is 5.73 Å². The van der Waals surface area contributed by atoms with E-state index in [1.807, 2.05) is 0 Å². The van der Waals surface area contributed by atoms with Gasteiger partial charge in [-0.1, -0.05) is 0 Å². The fourth-order valence-corrected chi connectivity index (χ4v) is 1.48. The average molecular weight is 246 g/mol. The van der Waals surface area contributed by atoms with Crippen molar-refractivity contribution in [2.45, 2.75) is 32.2 Å². The van der Waals surface area contributed by atoms with Crippen LogP contribution in [-0.2, 0) is 14.4 Å². The van der Waals surface area contributed by atoms with Gasteiger partial charge in [-0.05, 0) is 25.8 Å². The fourth-order valence-electron chi connectivity index (χ4n) is 1.48. The van der Waals surface area contributed by atoms with Gasteiger partial charge in [-0.15, -0.1) is 0 Å². The molecule has 1 amide bonds. The van der Waals surface area contributed by atoms with Crippen molar-refractivity contribution in [3.63, 3.8) is 0 Å². The number of nitrogens with two attached hydrogens (primary N) is 1. The van der Waals surface area contributed by atoms with Crippen LogP contribution in [0.3, 0.4) is 0 Å². The van der Waals surface area contributed by atoms with Gasteiger partial charge < -0.3 is 20.8 Å². The highest BCUT2D eigenvalue weighted by Gasteiger charge is 2.28. The number of carboxylic acid groups (broad SMARTS) is 2. The van der Waals surface area contributed by atoms with Gasteiger partial charge in [0.05, 0.1) is 0 Å². The highest BCUT2D eigenvalue weighted by molar-refractivity contribution is 5.85. The molecule has 0 fully saturated rings. The third-order valence-electron chi connectivity index (χ3n) is 2.30. The Morgan fingerprint density at radius 2 is 1.82 bits per heavy atom. The van der Waals surface area contributed by atoms with Gasteiger partial charge in [-0.2, -0.15) is 0 Å². The summed E-state index contributed by atoms with van der Waals surface area (Å²) in [7, 11) is 0. The molecule has 0 radical (unpaired) electrons. The molecule has 4 N–H and O–H groups in total. The van der Waals surface area contributed by atoms with E-state index in [9.17, 15) is 14.4 Å². The molecule has 0 unspecified atom stereocenters. The Morgan fingerprint density at radius 1 is 1.24 bits per heavy atom. The fraction of sp³-hybridized carbons (Fsp3) is 0.700. The quantitative estimate of drug-likeness (QED) is 0.496. The molecule has 0 saturated heterocycles. The van der Waals surface area contributed by atoms with E-state index >= 15 is 0 Å². The molecular formula is C10H18N2O5. The van der Waals surface area contributed by atoms with Gasteiger partial charge in [-0.25, -0.2) is 4.79 Å². The highest BCUT2D eigenvalue weighted by Crippen LogP contribution is 2.09. The molecule has 0 saturated carbocycles. The minimum atomic E-state index is -1.23. The van der Waals surface area contributed by atoms with E-state index in [1.54, 1.807) is 0 Å². The van der Waals surface area contributed by atoms with Crippen LogP contribution in [-0.4, -0.2) is 52.1 Å². The number of carboxylic acids is 2. The van der Waals surface area contributed by atoms with E-state index < -0.39 is 30.4 Å². The van der Waals surface area contributed by atoms with Crippen molar-refractivity contribution in [1.29, 1.82) is 0 Å². The minimum Gasteiger partial charge on any atom is -0.480 e. The standard InChI is InChI=1S/C10H18N2O5/c1-7(13)12(6-9(14)15)8(10(16)17)4-2-3-5-11/h8H,2-6,11H2,1H3,(H,14,15)(H,16,17)/t8-/m0/s1. The maximum absolute atomic E-state index is 11.2. The number of aliphatic carboxylic acids is 2. The molecule has 0 aromatic carbocycles. The van der Waals surface area contributed by atoms with Gasteiger partial charge >= 0.3 is 11.9 Å². The van der Waals surface area contributed by atoms with Crippen molar-refractivity contribution in [2.75, 3.05) is 13.1 Å². The van der Waals surface area contributed by atoms with Crippen LogP contribution in [0.1, 0.15) is 26.2 Å². The average Bonchev–Trinajstić information content (AvgIpc) is 2.20. The Hall–Kier alpha value is -1.63. The zero-order valence-corrected chi connectivity index (χ0v) is 9.76. The molecule has 0 bridgehead atoms. The lowest BCUT2D eigenvalue weighted by Gasteiger charge is -2.26. The van der Waals surface area contributed by atoms with E-state index in [1.165, 1.54) is 0 Å². The predicted octanol–water partition coefficient (Wildman–Crippen LogP) is -0.498. The summed E-state index contributed by atoms with van der Waals surface area (Å²) in [6, 6.07) is -1.10. The SMILES string of the molecule is CC(=O)N(CC(=O)O)[C@@H](CCCCN)C(=O)O. The van der Waals surface area contributed by atoms with E-state index in [0.29, 0.717) is 19.4 Å². The van der Waals surface area contributed by atoms with Gasteiger partial charge in [0.15, 0.2) is 0 Å². The normalized spacial score (nSPS) is 11.9. The molecule has 0 spiro atoms. The Balaban J connectivity index is 4.65. The number of nitrogens with zero attached hydrogens (tertiary/aromatic N) is 1. The lowest BCUT2D eigenvalue weighted by Crippen LogP contribution is -2.46. The van der Waals surface area contributed by atoms with Crippen molar-refractivity contribution in [3.05, 3.63) is 0 Å². The summed E-state index contributed by atoms with van der Waals surface area (Å²) in [6.07, 6.45) is 1.39. The maximum atomic E-state index is 11.2. The lowest BCUT2D eigenvalue weighted by atomic mass is 10.1. The summed E-state index contributed by atoms with van der Waals surface area (Å²) < 4.78 is 0. The Bertz CT molecular complexity index is 292. The van der Waals surface area contributed by atoms with Gasteiger partial charge in [0, 0.05) is 6.92 Å². The van der Waals surface area contributed by atoms with E-state index in [0.717, 1.165) is 11.8 Å². The summed E-state index contributed by atoms with van der Waals surface area (Å²) in [6.45, 7) is 0.988. The second-order valence-electron chi connectivity index (χ2n) is 3.68. The van der Waals surface area contributed by atoms with E-state index in [-0.39, 0.29) is 6.42 Å². The van der Waals surface area contributed by atoms with Crippen molar-refractivity contribution < 1.29 is 24.6 Å². The molecular weight excluding hydrogens is 228 g/mol. The van der Waals surface area contributed by atoms with Crippen LogP contribution in [0, 0.1) is 0 Å². The third-order valence-corrected chi connectivity index (χ3v) is 2.30. The van der Waals surface area contributed by atoms with Crippen LogP contribution in [0.5, 0.6) is 0 Å². The molecule has 0 rings (SSSR count). The van der Waals surface area contributed by atoms with Crippen LogP contribution >= 0.6 is 0 Å². The molecule has 7 heteroatoms. The first-order valence-electron chi connectivity index (χ1n) is 5.32. The van der Waals surface area contributed by atoms with Crippen molar-refractivity contribution in [1.82, 2.24) is 4.90 Å². The smallest absolute Gasteiger partial charge is 0.326 e. The number of rotatable bonds is 8. The zero-order chi connectivity index (χ0) is 13.4. The number of hydrogen-bond acceptors (Lipinski definition) is 4. The Kier molecular flexibility index (Phi) is 6.88. The molecule has 7 nitrogen and oxygen atoms in total. The molecule has 0 aliphatic carbocycles. The van der Waals surface area contributed by atoms with Gasteiger partial charge in [0.2, 0.25) is 5.91 Å². The lowest BCUT2D eigenvalue weighted by molar-refractivity contribution is -0.153. The topological polar surface area (TPSA) is 121 Å². The molecule has 0 aromatic heterocycles. The van der Waals surface area contributed by atoms with E-state index in [2.05, 4.69) is 0 Å². The monoisotopic (exact) mass is 246 g/mol. The predicted molar refractivity (Wildman–Crippen MR) is 59.4 cm³/mol. The van der Waals surface area contributed by atoms with Gasteiger partial charge in [0.1, 0.15) is 12.6 Å². The Labute approximate surface area is 99.2 Å². The molecule has 98 valence electrons. The van der Waals surface area contributed by atoms with Gasteiger partial charge in [-0.3, -0.25) is 9.59 Å². The molecule has 0 aromatic rings. The van der Waals surface area contributed by atoms with Crippen molar-refractivity contribution in [3.8, 4) is 0 Å². The maximum Gasteiger partial charge on any atom is 0.326 e. The van der Waals surface area contributed by atoms with E-state index in [4.69, 9.17) is 15.9 Å². The third kappa shape index (κ3) is 5.86. The highest BCUT2D eigenvalue weighted by atomic mass is 16.4. The second kappa shape index (κ2) is 7.61. The second-order valence-corrected chi connectivity index (χ2v) is 3.68. The van der Waals surface area contributed by atoms with Crippen LogP contribution in [0.15, 0.2) is 0 Å². The Morgan fingerprint density at radius 3 is 2.18 bits per heavy atom. The van der Waals surface area contributed by atoms with Crippen molar-refractivity contribution >= 4 is 17.8 Å². The van der Waals surface area contributed by atoms with Crippen molar-refractivity contribution in [2.24, 2.45) is 5.73 Å². The molecule has 1 atom stereocenters. The molecule has 0 heterocycles. The van der Waals surface area contributed by atoms with Crippen LogP contribution in [0.4, 0.5) is 0 Å². The number of unbranched alkanes of at least 4 members (excludes halogenated alkanes) is 1. The molecule has 17 heavy (non-hydrogen) atoms. The van der Waals surface area contributed by atoms with Crippen LogP contribution in [0.2, 0.25) is 0 Å². The number of hydrogen-bond donors (Lipinski definition) is 3. The number of carbonyl (C=O) groups is 3. The minimum absolute atomic E-state index is 0.208. The van der Waals surface area contributed by atoms with Gasteiger partial charge in [0.25, 0.3) is 0 Å². The first kappa shape index (κ1) is 15.4.